The van der Waals surface area contributed by atoms with Crippen molar-refractivity contribution in [2.24, 2.45) is 0 Å². The van der Waals surface area contributed by atoms with Crippen LogP contribution in [0.2, 0.25) is 0 Å². The van der Waals surface area contributed by atoms with Crippen molar-refractivity contribution in [2.45, 2.75) is 44.8 Å². The molecular formula is C24H29ClFN5O2. The summed E-state index contributed by atoms with van der Waals surface area (Å²) in [6.45, 7) is 4.77. The third-order valence-corrected chi connectivity index (χ3v) is 6.46. The van der Waals surface area contributed by atoms with Gasteiger partial charge in [0.1, 0.15) is 11.6 Å². The Morgan fingerprint density at radius 1 is 1.12 bits per heavy atom. The molecule has 3 aromatic heterocycles. The first-order chi connectivity index (χ1) is 15.7. The van der Waals surface area contributed by atoms with E-state index in [1.54, 1.807) is 10.6 Å². The Morgan fingerprint density at radius 3 is 2.82 bits per heavy atom. The smallest absolute Gasteiger partial charge is 0.251 e. The van der Waals surface area contributed by atoms with Gasteiger partial charge in [-0.3, -0.25) is 14.8 Å². The van der Waals surface area contributed by atoms with Crippen LogP contribution in [0.1, 0.15) is 30.5 Å². The van der Waals surface area contributed by atoms with E-state index < -0.39 is 5.82 Å². The number of ether oxygens (including phenoxy) is 1. The lowest BCUT2D eigenvalue weighted by molar-refractivity contribution is 0.191. The number of piperidine rings is 1. The van der Waals surface area contributed by atoms with E-state index in [1.807, 2.05) is 6.20 Å². The maximum Gasteiger partial charge on any atom is 0.251 e. The highest BCUT2D eigenvalue weighted by Crippen LogP contribution is 2.24. The average molecular weight is 474 g/mol. The number of hydrogen-bond acceptors (Lipinski definition) is 6. The van der Waals surface area contributed by atoms with Crippen LogP contribution in [0.3, 0.4) is 0 Å². The van der Waals surface area contributed by atoms with Crippen molar-refractivity contribution in [3.8, 4) is 5.75 Å². The monoisotopic (exact) mass is 473 g/mol. The Kier molecular flexibility index (Phi) is 7.57. The van der Waals surface area contributed by atoms with Crippen molar-refractivity contribution >= 4 is 23.4 Å². The van der Waals surface area contributed by atoms with Crippen LogP contribution in [0, 0.1) is 5.82 Å². The summed E-state index contributed by atoms with van der Waals surface area (Å²) >= 11 is 0. The highest BCUT2D eigenvalue weighted by molar-refractivity contribution is 5.85. The van der Waals surface area contributed by atoms with E-state index in [2.05, 4.69) is 26.3 Å². The van der Waals surface area contributed by atoms with E-state index in [0.29, 0.717) is 23.6 Å². The van der Waals surface area contributed by atoms with Gasteiger partial charge in [-0.1, -0.05) is 0 Å². The second-order valence-corrected chi connectivity index (χ2v) is 8.61. The van der Waals surface area contributed by atoms with Crippen molar-refractivity contribution in [2.75, 3.05) is 26.2 Å². The van der Waals surface area contributed by atoms with Crippen LogP contribution in [0.25, 0.3) is 11.0 Å². The number of nitrogens with one attached hydrogen (secondary N) is 1. The van der Waals surface area contributed by atoms with Crippen molar-refractivity contribution in [1.29, 1.82) is 0 Å². The van der Waals surface area contributed by atoms with E-state index in [4.69, 9.17) is 4.74 Å². The third kappa shape index (κ3) is 5.51. The van der Waals surface area contributed by atoms with Gasteiger partial charge in [0.15, 0.2) is 0 Å². The molecule has 0 saturated carbocycles. The first kappa shape index (κ1) is 23.6. The summed E-state index contributed by atoms with van der Waals surface area (Å²) in [6.07, 6.45) is 7.26. The first-order valence-corrected chi connectivity index (χ1v) is 11.4. The Labute approximate surface area is 198 Å². The number of pyridine rings is 3. The lowest BCUT2D eigenvalue weighted by atomic mass is 10.0. The molecule has 33 heavy (non-hydrogen) atoms. The van der Waals surface area contributed by atoms with Gasteiger partial charge in [-0.2, -0.15) is 0 Å². The van der Waals surface area contributed by atoms with Crippen LogP contribution in [0.5, 0.6) is 5.75 Å². The van der Waals surface area contributed by atoms with Crippen molar-refractivity contribution in [3.63, 3.8) is 0 Å². The summed E-state index contributed by atoms with van der Waals surface area (Å²) in [7, 11) is 0. The van der Waals surface area contributed by atoms with E-state index >= 15 is 0 Å². The molecule has 0 amide bonds. The molecule has 176 valence electrons. The lowest BCUT2D eigenvalue weighted by Gasteiger charge is -2.32. The quantitative estimate of drug-likeness (QED) is 0.593. The molecule has 1 saturated heterocycles. The van der Waals surface area contributed by atoms with E-state index in [0.717, 1.165) is 69.9 Å². The average Bonchev–Trinajstić information content (AvgIpc) is 2.82. The summed E-state index contributed by atoms with van der Waals surface area (Å²) in [5.41, 5.74) is 3.39. The molecule has 0 radical (unpaired) electrons. The molecule has 0 unspecified atom stereocenters. The van der Waals surface area contributed by atoms with Crippen LogP contribution in [0.15, 0.2) is 41.5 Å². The van der Waals surface area contributed by atoms with Crippen molar-refractivity contribution < 1.29 is 9.13 Å². The largest absolute Gasteiger partial charge is 0.492 e. The summed E-state index contributed by atoms with van der Waals surface area (Å²) in [4.78, 5) is 23.3. The first-order valence-electron chi connectivity index (χ1n) is 11.4. The number of nitrogens with zero attached hydrogens (tertiary/aromatic N) is 4. The fraction of sp³-hybridized carbons (Fsp3) is 0.458. The standard InChI is InChI=1S/C24H28FN5O2.ClH/c25-18-13-22-21(28-14-18)3-4-24(31)30(22)10-9-29-7-5-19(6-8-29)26-15-20-12-17-2-1-11-32-23(17)16-27-20;/h3-4,12-14,16,19,26H,1-2,5-11,15H2;1H. The van der Waals surface area contributed by atoms with Gasteiger partial charge in [0.05, 0.1) is 35.7 Å². The predicted molar refractivity (Wildman–Crippen MR) is 128 cm³/mol. The van der Waals surface area contributed by atoms with Crippen LogP contribution in [0.4, 0.5) is 4.39 Å². The minimum Gasteiger partial charge on any atom is -0.492 e. The second-order valence-electron chi connectivity index (χ2n) is 8.61. The number of hydrogen-bond donors (Lipinski definition) is 1. The Bertz CT molecular complexity index is 1160. The number of halogens is 2. The molecular weight excluding hydrogens is 445 g/mol. The fourth-order valence-corrected chi connectivity index (χ4v) is 4.63. The molecule has 5 rings (SSSR count). The molecule has 7 nitrogen and oxygen atoms in total. The van der Waals surface area contributed by atoms with Gasteiger partial charge in [0, 0.05) is 37.8 Å². The minimum atomic E-state index is -0.426. The molecule has 0 aromatic carbocycles. The maximum atomic E-state index is 13.7. The van der Waals surface area contributed by atoms with Gasteiger partial charge in [0.25, 0.3) is 5.56 Å². The second kappa shape index (κ2) is 10.6. The van der Waals surface area contributed by atoms with Gasteiger partial charge in [-0.05, 0) is 56.5 Å². The van der Waals surface area contributed by atoms with Gasteiger partial charge < -0.3 is 19.5 Å². The Hall–Kier alpha value is -2.55. The summed E-state index contributed by atoms with van der Waals surface area (Å²) in [6, 6.07) is 7.16. The fourth-order valence-electron chi connectivity index (χ4n) is 4.63. The maximum absolute atomic E-state index is 13.7. The zero-order valence-electron chi connectivity index (χ0n) is 18.5. The number of fused-ring (bicyclic) bond motifs is 2. The highest BCUT2D eigenvalue weighted by Gasteiger charge is 2.19. The summed E-state index contributed by atoms with van der Waals surface area (Å²) in [5.74, 6) is 0.502. The topological polar surface area (TPSA) is 72.3 Å². The molecule has 2 aliphatic rings. The Morgan fingerprint density at radius 2 is 1.97 bits per heavy atom. The van der Waals surface area contributed by atoms with Crippen LogP contribution >= 0.6 is 12.4 Å². The summed E-state index contributed by atoms with van der Waals surface area (Å²) < 4.78 is 20.9. The number of aromatic nitrogens is 3. The minimum absolute atomic E-state index is 0. The molecule has 0 aliphatic carbocycles. The van der Waals surface area contributed by atoms with Crippen molar-refractivity contribution in [3.05, 3.63) is 64.1 Å². The highest BCUT2D eigenvalue weighted by atomic mass is 35.5. The molecule has 0 spiro atoms. The molecule has 9 heteroatoms. The summed E-state index contributed by atoms with van der Waals surface area (Å²) in [5, 5.41) is 3.64. The van der Waals surface area contributed by atoms with E-state index in [1.165, 1.54) is 23.9 Å². The molecule has 0 bridgehead atoms. The van der Waals surface area contributed by atoms with E-state index in [-0.39, 0.29) is 18.0 Å². The number of rotatable bonds is 6. The van der Waals surface area contributed by atoms with Gasteiger partial charge in [-0.25, -0.2) is 4.39 Å². The van der Waals surface area contributed by atoms with Crippen LogP contribution in [-0.4, -0.2) is 51.7 Å². The van der Waals surface area contributed by atoms with E-state index in [9.17, 15) is 9.18 Å². The van der Waals surface area contributed by atoms with Crippen LogP contribution < -0.4 is 15.6 Å². The van der Waals surface area contributed by atoms with Gasteiger partial charge in [0.2, 0.25) is 0 Å². The molecule has 0 atom stereocenters. The molecule has 1 fully saturated rings. The van der Waals surface area contributed by atoms with Gasteiger partial charge in [-0.15, -0.1) is 12.4 Å². The van der Waals surface area contributed by atoms with Gasteiger partial charge >= 0.3 is 0 Å². The zero-order chi connectivity index (χ0) is 21.9. The van der Waals surface area contributed by atoms with Crippen LogP contribution in [-0.2, 0) is 19.5 Å². The lowest BCUT2D eigenvalue weighted by Crippen LogP contribution is -2.43. The number of likely N-dealkylation sites (tertiary alicyclic amines) is 1. The third-order valence-electron chi connectivity index (χ3n) is 6.46. The Balaban J connectivity index is 0.00000259. The SMILES string of the molecule is Cl.O=c1ccc2ncc(F)cc2n1CCN1CCC(NCc2cc3c(cn2)OCCC3)CC1. The predicted octanol–water partition coefficient (Wildman–Crippen LogP) is 2.93. The molecule has 1 N–H and O–H groups in total. The normalized spacial score (nSPS) is 16.8. The number of aryl methyl sites for hydroxylation is 1. The molecule has 2 aliphatic heterocycles. The molecule has 3 aromatic rings. The molecule has 5 heterocycles. The van der Waals surface area contributed by atoms with Crippen molar-refractivity contribution in [1.82, 2.24) is 24.8 Å². The zero-order valence-corrected chi connectivity index (χ0v) is 19.3.